The first-order chi connectivity index (χ1) is 12.6. The SMILES string of the molecule is Cn1c(C(=O)N2CCC(C(O)c3ccccc3)CC2)cc2ccccc21. The van der Waals surface area contributed by atoms with Crippen molar-refractivity contribution in [3.8, 4) is 0 Å². The summed E-state index contributed by atoms with van der Waals surface area (Å²) in [5, 5.41) is 11.7. The summed E-state index contributed by atoms with van der Waals surface area (Å²) in [7, 11) is 1.95. The molecular formula is C22H24N2O2. The molecule has 3 aromatic rings. The monoisotopic (exact) mass is 348 g/mol. The van der Waals surface area contributed by atoms with Crippen LogP contribution >= 0.6 is 0 Å². The van der Waals surface area contributed by atoms with Crippen molar-refractivity contribution in [3.05, 3.63) is 71.9 Å². The number of carbonyl (C=O) groups excluding carboxylic acids is 1. The van der Waals surface area contributed by atoms with Crippen LogP contribution in [0.1, 0.15) is 35.0 Å². The number of aryl methyl sites for hydroxylation is 1. The summed E-state index contributed by atoms with van der Waals surface area (Å²) in [5.74, 6) is 0.283. The fourth-order valence-corrected chi connectivity index (χ4v) is 4.00. The number of benzene rings is 2. The summed E-state index contributed by atoms with van der Waals surface area (Å²) >= 11 is 0. The number of aromatic nitrogens is 1. The highest BCUT2D eigenvalue weighted by atomic mass is 16.3. The van der Waals surface area contributed by atoms with Crippen LogP contribution in [0.25, 0.3) is 10.9 Å². The second-order valence-corrected chi connectivity index (χ2v) is 7.13. The van der Waals surface area contributed by atoms with Crippen molar-refractivity contribution < 1.29 is 9.90 Å². The number of aliphatic hydroxyl groups excluding tert-OH is 1. The zero-order valence-corrected chi connectivity index (χ0v) is 15.0. The summed E-state index contributed by atoms with van der Waals surface area (Å²) in [5.41, 5.74) is 2.77. The van der Waals surface area contributed by atoms with E-state index in [2.05, 4.69) is 0 Å². The molecule has 1 amide bonds. The number of piperidine rings is 1. The molecule has 0 bridgehead atoms. The van der Waals surface area contributed by atoms with Crippen LogP contribution in [0.3, 0.4) is 0 Å². The van der Waals surface area contributed by atoms with Gasteiger partial charge in [-0.3, -0.25) is 4.79 Å². The van der Waals surface area contributed by atoms with E-state index in [0.29, 0.717) is 13.1 Å². The van der Waals surface area contributed by atoms with E-state index >= 15 is 0 Å². The van der Waals surface area contributed by atoms with Gasteiger partial charge in [0.25, 0.3) is 5.91 Å². The molecule has 4 nitrogen and oxygen atoms in total. The van der Waals surface area contributed by atoms with Crippen LogP contribution in [0, 0.1) is 5.92 Å². The number of carbonyl (C=O) groups is 1. The van der Waals surface area contributed by atoms with Crippen LogP contribution < -0.4 is 0 Å². The standard InChI is InChI=1S/C22H24N2O2/c1-23-19-10-6-5-9-18(19)15-20(23)22(26)24-13-11-17(12-14-24)21(25)16-7-3-2-4-8-16/h2-10,15,17,21,25H,11-14H2,1H3. The number of fused-ring (bicyclic) bond motifs is 1. The van der Waals surface area contributed by atoms with Gasteiger partial charge in [-0.15, -0.1) is 0 Å². The zero-order chi connectivity index (χ0) is 18.1. The number of hydrogen-bond acceptors (Lipinski definition) is 2. The molecule has 2 heterocycles. The zero-order valence-electron chi connectivity index (χ0n) is 15.0. The van der Waals surface area contributed by atoms with E-state index < -0.39 is 6.10 Å². The van der Waals surface area contributed by atoms with Gasteiger partial charge in [-0.1, -0.05) is 48.5 Å². The van der Waals surface area contributed by atoms with Gasteiger partial charge in [-0.05, 0) is 36.5 Å². The minimum Gasteiger partial charge on any atom is -0.388 e. The second kappa shape index (κ2) is 6.96. The normalized spacial score (nSPS) is 16.8. The maximum Gasteiger partial charge on any atom is 0.270 e. The summed E-state index contributed by atoms with van der Waals surface area (Å²) < 4.78 is 1.97. The highest BCUT2D eigenvalue weighted by Crippen LogP contribution is 2.31. The van der Waals surface area contributed by atoms with E-state index in [1.54, 1.807) is 0 Å². The predicted octanol–water partition coefficient (Wildman–Crippen LogP) is 3.76. The lowest BCUT2D eigenvalue weighted by atomic mass is 9.87. The van der Waals surface area contributed by atoms with Gasteiger partial charge in [-0.2, -0.15) is 0 Å². The molecule has 1 aromatic heterocycles. The third-order valence-electron chi connectivity index (χ3n) is 5.59. The molecule has 1 unspecified atom stereocenters. The fraction of sp³-hybridized carbons (Fsp3) is 0.318. The summed E-state index contributed by atoms with van der Waals surface area (Å²) in [6, 6.07) is 19.8. The number of aliphatic hydroxyl groups is 1. The van der Waals surface area contributed by atoms with E-state index in [9.17, 15) is 9.90 Å². The third kappa shape index (κ3) is 3.01. The second-order valence-electron chi connectivity index (χ2n) is 7.13. The molecule has 0 spiro atoms. The Morgan fingerprint density at radius 3 is 2.38 bits per heavy atom. The molecule has 0 radical (unpaired) electrons. The first-order valence-corrected chi connectivity index (χ1v) is 9.22. The Morgan fingerprint density at radius 2 is 1.69 bits per heavy atom. The highest BCUT2D eigenvalue weighted by Gasteiger charge is 2.29. The quantitative estimate of drug-likeness (QED) is 0.783. The summed E-state index contributed by atoms with van der Waals surface area (Å²) in [6.07, 6.45) is 1.20. The molecule has 1 aliphatic rings. The number of para-hydroxylation sites is 1. The van der Waals surface area contributed by atoms with Crippen molar-refractivity contribution in [2.75, 3.05) is 13.1 Å². The Labute approximate surface area is 153 Å². The minimum absolute atomic E-state index is 0.0800. The van der Waals surface area contributed by atoms with E-state index in [4.69, 9.17) is 0 Å². The molecule has 1 N–H and O–H groups in total. The number of rotatable bonds is 3. The topological polar surface area (TPSA) is 45.5 Å². The maximum atomic E-state index is 13.0. The van der Waals surface area contributed by atoms with Crippen LogP contribution in [-0.4, -0.2) is 33.6 Å². The number of likely N-dealkylation sites (tertiary alicyclic amines) is 1. The van der Waals surface area contributed by atoms with Crippen LogP contribution in [0.5, 0.6) is 0 Å². The smallest absolute Gasteiger partial charge is 0.270 e. The van der Waals surface area contributed by atoms with Crippen molar-refractivity contribution in [2.24, 2.45) is 13.0 Å². The average Bonchev–Trinajstić information content (AvgIpc) is 3.04. The van der Waals surface area contributed by atoms with Crippen molar-refractivity contribution in [3.63, 3.8) is 0 Å². The molecule has 26 heavy (non-hydrogen) atoms. The van der Waals surface area contributed by atoms with Gasteiger partial charge in [0.1, 0.15) is 5.69 Å². The van der Waals surface area contributed by atoms with E-state index in [1.807, 2.05) is 77.2 Å². The highest BCUT2D eigenvalue weighted by molar-refractivity contribution is 5.98. The Kier molecular flexibility index (Phi) is 4.51. The molecule has 0 aliphatic carbocycles. The summed E-state index contributed by atoms with van der Waals surface area (Å²) in [4.78, 5) is 14.9. The molecule has 2 aromatic carbocycles. The molecule has 4 heteroatoms. The Balaban J connectivity index is 1.46. The number of nitrogens with zero attached hydrogens (tertiary/aromatic N) is 2. The first-order valence-electron chi connectivity index (χ1n) is 9.22. The van der Waals surface area contributed by atoms with Crippen molar-refractivity contribution >= 4 is 16.8 Å². The summed E-state index contributed by atoms with van der Waals surface area (Å²) in [6.45, 7) is 1.38. The average molecular weight is 348 g/mol. The lowest BCUT2D eigenvalue weighted by molar-refractivity contribution is 0.0456. The van der Waals surface area contributed by atoms with Gasteiger partial charge in [0.05, 0.1) is 6.10 Å². The van der Waals surface area contributed by atoms with Gasteiger partial charge >= 0.3 is 0 Å². The van der Waals surface area contributed by atoms with Crippen LogP contribution in [0.15, 0.2) is 60.7 Å². The van der Waals surface area contributed by atoms with E-state index in [-0.39, 0.29) is 11.8 Å². The lowest BCUT2D eigenvalue weighted by Gasteiger charge is -2.34. The van der Waals surface area contributed by atoms with Crippen LogP contribution in [0.2, 0.25) is 0 Å². The predicted molar refractivity (Wildman–Crippen MR) is 103 cm³/mol. The largest absolute Gasteiger partial charge is 0.388 e. The molecule has 4 rings (SSSR count). The van der Waals surface area contributed by atoms with Gasteiger partial charge in [-0.25, -0.2) is 0 Å². The number of hydrogen-bond donors (Lipinski definition) is 1. The van der Waals surface area contributed by atoms with Crippen LogP contribution in [0.4, 0.5) is 0 Å². The van der Waals surface area contributed by atoms with Crippen molar-refractivity contribution in [1.82, 2.24) is 9.47 Å². The van der Waals surface area contributed by atoms with E-state index in [1.165, 1.54) is 0 Å². The molecule has 1 saturated heterocycles. The van der Waals surface area contributed by atoms with Gasteiger partial charge in [0, 0.05) is 31.0 Å². The Bertz CT molecular complexity index is 908. The van der Waals surface area contributed by atoms with Crippen molar-refractivity contribution in [2.45, 2.75) is 18.9 Å². The maximum absolute atomic E-state index is 13.0. The molecule has 1 fully saturated rings. The van der Waals surface area contributed by atoms with E-state index in [0.717, 1.165) is 35.0 Å². The van der Waals surface area contributed by atoms with Crippen molar-refractivity contribution in [1.29, 1.82) is 0 Å². The number of amides is 1. The fourth-order valence-electron chi connectivity index (χ4n) is 4.00. The van der Waals surface area contributed by atoms with Crippen LogP contribution in [-0.2, 0) is 7.05 Å². The van der Waals surface area contributed by atoms with Gasteiger partial charge in [0.2, 0.25) is 0 Å². The Hall–Kier alpha value is -2.59. The molecule has 1 atom stereocenters. The molecular weight excluding hydrogens is 324 g/mol. The first kappa shape index (κ1) is 16.9. The minimum atomic E-state index is -0.453. The third-order valence-corrected chi connectivity index (χ3v) is 5.59. The molecule has 134 valence electrons. The molecule has 0 saturated carbocycles. The van der Waals surface area contributed by atoms with Gasteiger partial charge < -0.3 is 14.6 Å². The molecule has 1 aliphatic heterocycles. The lowest BCUT2D eigenvalue weighted by Crippen LogP contribution is -2.40. The van der Waals surface area contributed by atoms with Gasteiger partial charge in [0.15, 0.2) is 0 Å². The Morgan fingerprint density at radius 1 is 1.04 bits per heavy atom.